The van der Waals surface area contributed by atoms with Crippen LogP contribution in [0.25, 0.3) is 0 Å². The Hall–Kier alpha value is -1.35. The van der Waals surface area contributed by atoms with Gasteiger partial charge in [-0.1, -0.05) is 0 Å². The van der Waals surface area contributed by atoms with E-state index in [-0.39, 0.29) is 12.0 Å². The van der Waals surface area contributed by atoms with Crippen LogP contribution in [-0.4, -0.2) is 23.7 Å². The van der Waals surface area contributed by atoms with Gasteiger partial charge in [0.2, 0.25) is 0 Å². The van der Waals surface area contributed by atoms with E-state index in [2.05, 4.69) is 26.1 Å². The predicted molar refractivity (Wildman–Crippen MR) is 85.8 cm³/mol. The number of nitrogens with one attached hydrogen (secondary N) is 1. The standard InChI is InChI=1S/C18H27NO2/c1-10-11(2)13(4)17(14(5)12(10)3)18(21)19-9-15-6-7-16(20)8-15/h15-16,20H,6-9H2,1-5H3,(H,19,21). The molecule has 2 rings (SSSR count). The van der Waals surface area contributed by atoms with Crippen molar-refractivity contribution in [3.63, 3.8) is 0 Å². The van der Waals surface area contributed by atoms with Gasteiger partial charge in [-0.2, -0.15) is 0 Å². The minimum atomic E-state index is -0.181. The molecule has 0 spiro atoms. The lowest BCUT2D eigenvalue weighted by Crippen LogP contribution is -2.30. The summed E-state index contributed by atoms with van der Waals surface area (Å²) in [5.41, 5.74) is 6.69. The maximum atomic E-state index is 12.6. The summed E-state index contributed by atoms with van der Waals surface area (Å²) in [6, 6.07) is 0. The summed E-state index contributed by atoms with van der Waals surface area (Å²) in [6.45, 7) is 11.0. The first-order valence-corrected chi connectivity index (χ1v) is 7.86. The Morgan fingerprint density at radius 1 is 1.00 bits per heavy atom. The molecule has 116 valence electrons. The highest BCUT2D eigenvalue weighted by atomic mass is 16.3. The summed E-state index contributed by atoms with van der Waals surface area (Å²) in [4.78, 5) is 12.6. The summed E-state index contributed by atoms with van der Waals surface area (Å²) < 4.78 is 0. The van der Waals surface area contributed by atoms with Gasteiger partial charge >= 0.3 is 0 Å². The van der Waals surface area contributed by atoms with Crippen LogP contribution in [0.3, 0.4) is 0 Å². The maximum Gasteiger partial charge on any atom is 0.251 e. The first-order valence-electron chi connectivity index (χ1n) is 7.86. The normalized spacial score (nSPS) is 21.6. The van der Waals surface area contributed by atoms with E-state index in [9.17, 15) is 9.90 Å². The van der Waals surface area contributed by atoms with Crippen LogP contribution in [0.5, 0.6) is 0 Å². The fourth-order valence-electron chi connectivity index (χ4n) is 3.40. The highest BCUT2D eigenvalue weighted by molar-refractivity contribution is 5.98. The quantitative estimate of drug-likeness (QED) is 0.898. The number of amides is 1. The van der Waals surface area contributed by atoms with Crippen molar-refractivity contribution in [2.24, 2.45) is 5.92 Å². The maximum absolute atomic E-state index is 12.6. The minimum Gasteiger partial charge on any atom is -0.393 e. The Labute approximate surface area is 127 Å². The second kappa shape index (κ2) is 6.18. The lowest BCUT2D eigenvalue weighted by atomic mass is 9.89. The van der Waals surface area contributed by atoms with Crippen LogP contribution in [0.4, 0.5) is 0 Å². The average molecular weight is 289 g/mol. The number of aliphatic hydroxyl groups excluding tert-OH is 1. The molecule has 3 heteroatoms. The van der Waals surface area contributed by atoms with Crippen LogP contribution in [0.15, 0.2) is 0 Å². The van der Waals surface area contributed by atoms with Crippen LogP contribution in [-0.2, 0) is 0 Å². The zero-order valence-corrected chi connectivity index (χ0v) is 13.8. The van der Waals surface area contributed by atoms with Crippen molar-refractivity contribution in [1.82, 2.24) is 5.32 Å². The van der Waals surface area contributed by atoms with Crippen molar-refractivity contribution < 1.29 is 9.90 Å². The SMILES string of the molecule is Cc1c(C)c(C)c(C(=O)NCC2CCC(O)C2)c(C)c1C. The summed E-state index contributed by atoms with van der Waals surface area (Å²) in [7, 11) is 0. The molecule has 2 atom stereocenters. The molecule has 0 heterocycles. The lowest BCUT2D eigenvalue weighted by Gasteiger charge is -2.19. The van der Waals surface area contributed by atoms with E-state index < -0.39 is 0 Å². The van der Waals surface area contributed by atoms with Crippen LogP contribution in [0.1, 0.15) is 57.4 Å². The van der Waals surface area contributed by atoms with E-state index in [1.807, 2.05) is 13.8 Å². The number of carbonyl (C=O) groups is 1. The molecule has 1 aliphatic rings. The van der Waals surface area contributed by atoms with Gasteiger partial charge in [-0.15, -0.1) is 0 Å². The van der Waals surface area contributed by atoms with Crippen molar-refractivity contribution in [3.05, 3.63) is 33.4 Å². The van der Waals surface area contributed by atoms with Gasteiger partial charge in [-0.3, -0.25) is 4.79 Å². The van der Waals surface area contributed by atoms with Crippen LogP contribution >= 0.6 is 0 Å². The van der Waals surface area contributed by atoms with Gasteiger partial charge in [-0.25, -0.2) is 0 Å². The third kappa shape index (κ3) is 3.13. The van der Waals surface area contributed by atoms with Crippen molar-refractivity contribution in [2.75, 3.05) is 6.54 Å². The molecule has 2 unspecified atom stereocenters. The molecule has 1 amide bonds. The van der Waals surface area contributed by atoms with Crippen molar-refractivity contribution in [1.29, 1.82) is 0 Å². The Bertz CT molecular complexity index is 534. The molecule has 1 saturated carbocycles. The highest BCUT2D eigenvalue weighted by Gasteiger charge is 2.24. The monoisotopic (exact) mass is 289 g/mol. The molecule has 1 aromatic carbocycles. The molecule has 1 fully saturated rings. The van der Waals surface area contributed by atoms with Crippen molar-refractivity contribution in [2.45, 2.75) is 60.0 Å². The first kappa shape index (κ1) is 16.0. The minimum absolute atomic E-state index is 0.0255. The smallest absolute Gasteiger partial charge is 0.251 e. The Balaban J connectivity index is 2.16. The molecule has 0 bridgehead atoms. The fourth-order valence-corrected chi connectivity index (χ4v) is 3.40. The Kier molecular flexibility index (Phi) is 4.72. The lowest BCUT2D eigenvalue weighted by molar-refractivity contribution is 0.0943. The zero-order chi connectivity index (χ0) is 15.7. The Morgan fingerprint density at radius 3 is 2.00 bits per heavy atom. The van der Waals surface area contributed by atoms with Gasteiger partial charge in [0, 0.05) is 12.1 Å². The molecule has 1 aromatic rings. The highest BCUT2D eigenvalue weighted by Crippen LogP contribution is 2.27. The molecule has 0 saturated heterocycles. The molecule has 3 nitrogen and oxygen atoms in total. The van der Waals surface area contributed by atoms with Gasteiger partial charge in [0.25, 0.3) is 5.91 Å². The van der Waals surface area contributed by atoms with Crippen molar-refractivity contribution in [3.8, 4) is 0 Å². The van der Waals surface area contributed by atoms with E-state index in [0.29, 0.717) is 12.5 Å². The molecular formula is C18H27NO2. The van der Waals surface area contributed by atoms with Crippen LogP contribution < -0.4 is 5.32 Å². The number of rotatable bonds is 3. The van der Waals surface area contributed by atoms with Gasteiger partial charge in [0.1, 0.15) is 0 Å². The molecule has 0 radical (unpaired) electrons. The second-order valence-corrected chi connectivity index (χ2v) is 6.54. The van der Waals surface area contributed by atoms with Gasteiger partial charge in [0.05, 0.1) is 6.10 Å². The average Bonchev–Trinajstić information content (AvgIpc) is 2.86. The third-order valence-corrected chi connectivity index (χ3v) is 5.29. The van der Waals surface area contributed by atoms with E-state index in [1.165, 1.54) is 16.7 Å². The number of hydrogen-bond donors (Lipinski definition) is 2. The molecule has 2 N–H and O–H groups in total. The third-order valence-electron chi connectivity index (χ3n) is 5.29. The van der Waals surface area contributed by atoms with Crippen LogP contribution in [0.2, 0.25) is 0 Å². The summed E-state index contributed by atoms with van der Waals surface area (Å²) in [6.07, 6.45) is 2.50. The number of hydrogen-bond acceptors (Lipinski definition) is 2. The molecule has 0 aromatic heterocycles. The first-order chi connectivity index (χ1) is 9.82. The molecule has 1 aliphatic carbocycles. The van der Waals surface area contributed by atoms with Gasteiger partial charge in [-0.05, 0) is 87.6 Å². The van der Waals surface area contributed by atoms with E-state index in [1.54, 1.807) is 0 Å². The van der Waals surface area contributed by atoms with E-state index in [4.69, 9.17) is 0 Å². The second-order valence-electron chi connectivity index (χ2n) is 6.54. The fraction of sp³-hybridized carbons (Fsp3) is 0.611. The van der Waals surface area contributed by atoms with Crippen LogP contribution in [0, 0.1) is 40.5 Å². The largest absolute Gasteiger partial charge is 0.393 e. The van der Waals surface area contributed by atoms with Gasteiger partial charge < -0.3 is 10.4 Å². The number of benzene rings is 1. The predicted octanol–water partition coefficient (Wildman–Crippen LogP) is 3.12. The molecular weight excluding hydrogens is 262 g/mol. The summed E-state index contributed by atoms with van der Waals surface area (Å²) in [5, 5.41) is 12.6. The number of carbonyl (C=O) groups excluding carboxylic acids is 1. The van der Waals surface area contributed by atoms with Gasteiger partial charge in [0.15, 0.2) is 0 Å². The summed E-state index contributed by atoms with van der Waals surface area (Å²) in [5.74, 6) is 0.440. The van der Waals surface area contributed by atoms with Crippen molar-refractivity contribution >= 4 is 5.91 Å². The van der Waals surface area contributed by atoms with E-state index in [0.717, 1.165) is 36.0 Å². The number of aliphatic hydroxyl groups is 1. The molecule has 21 heavy (non-hydrogen) atoms. The topological polar surface area (TPSA) is 49.3 Å². The Morgan fingerprint density at radius 2 is 1.52 bits per heavy atom. The van der Waals surface area contributed by atoms with E-state index >= 15 is 0 Å². The zero-order valence-electron chi connectivity index (χ0n) is 13.8. The molecule has 0 aliphatic heterocycles. The summed E-state index contributed by atoms with van der Waals surface area (Å²) >= 11 is 0.